The van der Waals surface area contributed by atoms with E-state index in [2.05, 4.69) is 32.2 Å². The van der Waals surface area contributed by atoms with Crippen LogP contribution in [0.15, 0.2) is 42.9 Å². The third-order valence-electron chi connectivity index (χ3n) is 2.97. The molecule has 0 spiro atoms. The molecular weight excluding hydrogens is 266 g/mol. The predicted octanol–water partition coefficient (Wildman–Crippen LogP) is 3.28. The molecule has 0 radical (unpaired) electrons. The summed E-state index contributed by atoms with van der Waals surface area (Å²) in [6, 6.07) is 8.08. The van der Waals surface area contributed by atoms with Crippen molar-refractivity contribution in [1.29, 1.82) is 0 Å². The van der Waals surface area contributed by atoms with E-state index in [9.17, 15) is 4.79 Å². The average molecular weight is 285 g/mol. The van der Waals surface area contributed by atoms with Crippen LogP contribution in [0, 0.1) is 0 Å². The third kappa shape index (κ3) is 5.22. The van der Waals surface area contributed by atoms with Gasteiger partial charge in [-0.3, -0.25) is 14.8 Å². The number of anilines is 2. The summed E-state index contributed by atoms with van der Waals surface area (Å²) in [5.74, 6) is 0.715. The van der Waals surface area contributed by atoms with Gasteiger partial charge in [-0.1, -0.05) is 0 Å². The van der Waals surface area contributed by atoms with Crippen LogP contribution in [0.3, 0.4) is 0 Å². The molecule has 0 atom stereocenters. The Kier molecular flexibility index (Phi) is 5.70. The molecule has 1 saturated carbocycles. The van der Waals surface area contributed by atoms with Gasteiger partial charge in [0.15, 0.2) is 0 Å². The lowest BCUT2D eigenvalue weighted by molar-refractivity contribution is -0.128. The van der Waals surface area contributed by atoms with E-state index in [1.54, 1.807) is 19.3 Å². The zero-order valence-corrected chi connectivity index (χ0v) is 12.0. The minimum absolute atomic E-state index is 0.431. The van der Waals surface area contributed by atoms with E-state index in [4.69, 9.17) is 0 Å². The Labute approximate surface area is 124 Å². The SMILES string of the molecule is CCOC=O.c1cncc(Nc2ccc(C3CC3)nc2)c1. The highest BCUT2D eigenvalue weighted by atomic mass is 16.5. The highest BCUT2D eigenvalue weighted by molar-refractivity contribution is 5.57. The second-order valence-corrected chi connectivity index (χ2v) is 4.66. The van der Waals surface area contributed by atoms with Gasteiger partial charge in [0.2, 0.25) is 0 Å². The van der Waals surface area contributed by atoms with Gasteiger partial charge in [0.25, 0.3) is 6.47 Å². The van der Waals surface area contributed by atoms with Crippen molar-refractivity contribution in [2.75, 3.05) is 11.9 Å². The maximum absolute atomic E-state index is 9.18. The molecule has 0 saturated heterocycles. The van der Waals surface area contributed by atoms with Crippen LogP contribution >= 0.6 is 0 Å². The van der Waals surface area contributed by atoms with Crippen molar-refractivity contribution in [3.8, 4) is 0 Å². The standard InChI is InChI=1S/C13H13N3.C3H6O2/c1-2-11(8-14-7-1)16-12-5-6-13(15-9-12)10-3-4-10;1-2-5-3-4/h1-2,5-10,16H,3-4H2;3H,2H2,1H3. The fourth-order valence-corrected chi connectivity index (χ4v) is 1.77. The first kappa shape index (κ1) is 15.0. The molecule has 1 aliphatic carbocycles. The van der Waals surface area contributed by atoms with Crippen molar-refractivity contribution in [3.05, 3.63) is 48.5 Å². The number of aromatic nitrogens is 2. The lowest BCUT2D eigenvalue weighted by Crippen LogP contribution is -1.93. The highest BCUT2D eigenvalue weighted by Gasteiger charge is 2.24. The van der Waals surface area contributed by atoms with Gasteiger partial charge >= 0.3 is 0 Å². The molecule has 110 valence electrons. The Bertz CT molecular complexity index is 539. The zero-order chi connectivity index (χ0) is 14.9. The van der Waals surface area contributed by atoms with Crippen LogP contribution in [-0.2, 0) is 9.53 Å². The average Bonchev–Trinajstić information content (AvgIpc) is 3.35. The van der Waals surface area contributed by atoms with E-state index in [1.807, 2.05) is 18.3 Å². The van der Waals surface area contributed by atoms with Crippen molar-refractivity contribution in [3.63, 3.8) is 0 Å². The Hall–Kier alpha value is -2.43. The lowest BCUT2D eigenvalue weighted by Gasteiger charge is -2.05. The van der Waals surface area contributed by atoms with E-state index < -0.39 is 0 Å². The predicted molar refractivity (Wildman–Crippen MR) is 81.4 cm³/mol. The Balaban J connectivity index is 0.000000282. The first-order valence-electron chi connectivity index (χ1n) is 7.01. The van der Waals surface area contributed by atoms with Gasteiger partial charge in [0, 0.05) is 17.8 Å². The van der Waals surface area contributed by atoms with Crippen LogP contribution in [0.1, 0.15) is 31.4 Å². The topological polar surface area (TPSA) is 64.1 Å². The van der Waals surface area contributed by atoms with Crippen LogP contribution in [0.5, 0.6) is 0 Å². The molecule has 21 heavy (non-hydrogen) atoms. The van der Waals surface area contributed by atoms with Gasteiger partial charge in [0.05, 0.1) is 30.4 Å². The van der Waals surface area contributed by atoms with E-state index >= 15 is 0 Å². The van der Waals surface area contributed by atoms with Crippen LogP contribution in [0.25, 0.3) is 0 Å². The molecule has 1 aliphatic rings. The fraction of sp³-hybridized carbons (Fsp3) is 0.312. The molecule has 0 bridgehead atoms. The number of ether oxygens (including phenoxy) is 1. The summed E-state index contributed by atoms with van der Waals surface area (Å²) in [5, 5.41) is 3.27. The number of rotatable bonds is 5. The Morgan fingerprint density at radius 1 is 1.29 bits per heavy atom. The highest BCUT2D eigenvalue weighted by Crippen LogP contribution is 2.39. The summed E-state index contributed by atoms with van der Waals surface area (Å²) in [6.07, 6.45) is 8.04. The second kappa shape index (κ2) is 7.99. The first-order chi connectivity index (χ1) is 10.3. The molecule has 0 aromatic carbocycles. The minimum atomic E-state index is 0.431. The van der Waals surface area contributed by atoms with Crippen molar-refractivity contribution in [2.24, 2.45) is 0 Å². The first-order valence-corrected chi connectivity index (χ1v) is 7.01. The van der Waals surface area contributed by atoms with Gasteiger partial charge in [-0.2, -0.15) is 0 Å². The molecule has 0 aliphatic heterocycles. The van der Waals surface area contributed by atoms with Gasteiger partial charge in [-0.05, 0) is 44.0 Å². The number of nitrogens with one attached hydrogen (secondary N) is 1. The van der Waals surface area contributed by atoms with E-state index in [0.29, 0.717) is 19.0 Å². The van der Waals surface area contributed by atoms with E-state index in [-0.39, 0.29) is 0 Å². The van der Waals surface area contributed by atoms with Crippen LogP contribution in [-0.4, -0.2) is 23.0 Å². The molecule has 0 amide bonds. The lowest BCUT2D eigenvalue weighted by atomic mass is 10.2. The molecule has 1 N–H and O–H groups in total. The molecule has 5 heteroatoms. The summed E-state index contributed by atoms with van der Waals surface area (Å²) in [4.78, 5) is 17.7. The van der Waals surface area contributed by atoms with Crippen molar-refractivity contribution >= 4 is 17.8 Å². The Morgan fingerprint density at radius 2 is 2.10 bits per heavy atom. The van der Waals surface area contributed by atoms with Crippen LogP contribution < -0.4 is 5.32 Å². The molecule has 2 aromatic rings. The molecule has 1 fully saturated rings. The molecule has 5 nitrogen and oxygen atoms in total. The van der Waals surface area contributed by atoms with Crippen LogP contribution in [0.2, 0.25) is 0 Å². The zero-order valence-electron chi connectivity index (χ0n) is 12.0. The van der Waals surface area contributed by atoms with Crippen molar-refractivity contribution < 1.29 is 9.53 Å². The smallest absolute Gasteiger partial charge is 0.293 e. The summed E-state index contributed by atoms with van der Waals surface area (Å²) in [7, 11) is 0. The van der Waals surface area contributed by atoms with Crippen LogP contribution in [0.4, 0.5) is 11.4 Å². The number of hydrogen-bond donors (Lipinski definition) is 1. The van der Waals surface area contributed by atoms with Gasteiger partial charge in [-0.15, -0.1) is 0 Å². The summed E-state index contributed by atoms with van der Waals surface area (Å²) >= 11 is 0. The normalized spacial score (nSPS) is 12.8. The number of pyridine rings is 2. The fourth-order valence-electron chi connectivity index (χ4n) is 1.77. The molecule has 2 aromatic heterocycles. The number of nitrogens with zero attached hydrogens (tertiary/aromatic N) is 2. The number of carbonyl (C=O) groups is 1. The number of carbonyl (C=O) groups excluding carboxylic acids is 1. The van der Waals surface area contributed by atoms with Gasteiger partial charge in [-0.25, -0.2) is 0 Å². The summed E-state index contributed by atoms with van der Waals surface area (Å²) in [5.41, 5.74) is 3.22. The molecular formula is C16H19N3O2. The van der Waals surface area contributed by atoms with Crippen molar-refractivity contribution in [2.45, 2.75) is 25.7 Å². The number of hydrogen-bond acceptors (Lipinski definition) is 5. The van der Waals surface area contributed by atoms with E-state index in [0.717, 1.165) is 11.4 Å². The Morgan fingerprint density at radius 3 is 2.57 bits per heavy atom. The third-order valence-corrected chi connectivity index (χ3v) is 2.97. The molecule has 2 heterocycles. The summed E-state index contributed by atoms with van der Waals surface area (Å²) in [6.45, 7) is 2.66. The monoisotopic (exact) mass is 285 g/mol. The summed E-state index contributed by atoms with van der Waals surface area (Å²) < 4.78 is 4.15. The van der Waals surface area contributed by atoms with E-state index in [1.165, 1.54) is 18.5 Å². The largest absolute Gasteiger partial charge is 0.468 e. The van der Waals surface area contributed by atoms with Crippen molar-refractivity contribution in [1.82, 2.24) is 9.97 Å². The second-order valence-electron chi connectivity index (χ2n) is 4.66. The maximum atomic E-state index is 9.18. The maximum Gasteiger partial charge on any atom is 0.293 e. The quantitative estimate of drug-likeness (QED) is 0.854. The van der Waals surface area contributed by atoms with Gasteiger partial charge < -0.3 is 10.1 Å². The van der Waals surface area contributed by atoms with Gasteiger partial charge in [0.1, 0.15) is 0 Å². The molecule has 0 unspecified atom stereocenters. The molecule has 3 rings (SSSR count). The minimum Gasteiger partial charge on any atom is -0.468 e.